The highest BCUT2D eigenvalue weighted by Crippen LogP contribution is 2.17. The normalized spacial score (nSPS) is 11.4. The van der Waals surface area contributed by atoms with Crippen LogP contribution in [0.4, 0.5) is 4.39 Å². The summed E-state index contributed by atoms with van der Waals surface area (Å²) in [5.74, 6) is 0.985. The monoisotopic (exact) mass is 352 g/mol. The summed E-state index contributed by atoms with van der Waals surface area (Å²) in [4.78, 5) is 8.63. The lowest BCUT2D eigenvalue weighted by molar-refractivity contribution is 0.572. The van der Waals surface area contributed by atoms with Gasteiger partial charge in [-0.3, -0.25) is 4.99 Å². The number of benzene rings is 2. The second kappa shape index (κ2) is 8.29. The molecule has 0 amide bonds. The molecule has 6 heteroatoms. The van der Waals surface area contributed by atoms with Gasteiger partial charge in [0, 0.05) is 19.2 Å². The van der Waals surface area contributed by atoms with Crippen LogP contribution in [0.25, 0.3) is 11.5 Å². The summed E-state index contributed by atoms with van der Waals surface area (Å²) >= 11 is 0. The maximum atomic E-state index is 13.6. The predicted molar refractivity (Wildman–Crippen MR) is 100 cm³/mol. The standard InChI is InChI=1S/C20H21FN4O/c1-14-8-9-15(10-18(14)21)11-23-20(22-2)24-12-17-13-26-19(25-17)16-6-4-3-5-7-16/h3-10,13H,11-12H2,1-2H3,(H2,22,23,24). The third kappa shape index (κ3) is 4.47. The van der Waals surface area contributed by atoms with E-state index in [4.69, 9.17) is 4.42 Å². The predicted octanol–water partition coefficient (Wildman–Crippen LogP) is 3.65. The van der Waals surface area contributed by atoms with E-state index in [1.54, 1.807) is 26.3 Å². The fourth-order valence-corrected chi connectivity index (χ4v) is 2.43. The number of nitrogens with one attached hydrogen (secondary N) is 2. The van der Waals surface area contributed by atoms with Gasteiger partial charge in [0.25, 0.3) is 0 Å². The number of rotatable bonds is 5. The molecule has 5 nitrogen and oxygen atoms in total. The van der Waals surface area contributed by atoms with Gasteiger partial charge in [-0.15, -0.1) is 0 Å². The number of oxazole rings is 1. The topological polar surface area (TPSA) is 62.5 Å². The van der Waals surface area contributed by atoms with Gasteiger partial charge < -0.3 is 15.1 Å². The van der Waals surface area contributed by atoms with Crippen molar-refractivity contribution in [2.24, 2.45) is 4.99 Å². The highest BCUT2D eigenvalue weighted by molar-refractivity contribution is 5.79. The second-order valence-corrected chi connectivity index (χ2v) is 5.87. The zero-order valence-corrected chi connectivity index (χ0v) is 14.8. The van der Waals surface area contributed by atoms with Crippen LogP contribution in [0.2, 0.25) is 0 Å². The van der Waals surface area contributed by atoms with Gasteiger partial charge in [-0.2, -0.15) is 0 Å². The van der Waals surface area contributed by atoms with Gasteiger partial charge in [-0.05, 0) is 36.2 Å². The zero-order valence-electron chi connectivity index (χ0n) is 14.8. The lowest BCUT2D eigenvalue weighted by Crippen LogP contribution is -2.36. The molecule has 3 rings (SSSR count). The van der Waals surface area contributed by atoms with Crippen LogP contribution in [0, 0.1) is 12.7 Å². The van der Waals surface area contributed by atoms with Gasteiger partial charge in [0.2, 0.25) is 5.89 Å². The number of halogens is 1. The largest absolute Gasteiger partial charge is 0.444 e. The molecule has 0 saturated carbocycles. The molecule has 2 aromatic carbocycles. The number of nitrogens with zero attached hydrogens (tertiary/aromatic N) is 2. The smallest absolute Gasteiger partial charge is 0.226 e. The van der Waals surface area contributed by atoms with Crippen molar-refractivity contribution in [1.29, 1.82) is 0 Å². The first kappa shape index (κ1) is 17.7. The van der Waals surface area contributed by atoms with E-state index in [0.717, 1.165) is 16.8 Å². The van der Waals surface area contributed by atoms with Crippen molar-refractivity contribution >= 4 is 5.96 Å². The fraction of sp³-hybridized carbons (Fsp3) is 0.200. The van der Waals surface area contributed by atoms with Crippen LogP contribution in [-0.4, -0.2) is 18.0 Å². The minimum atomic E-state index is -0.205. The van der Waals surface area contributed by atoms with Crippen molar-refractivity contribution in [3.8, 4) is 11.5 Å². The third-order valence-electron chi connectivity index (χ3n) is 3.93. The molecule has 0 radical (unpaired) electrons. The quantitative estimate of drug-likeness (QED) is 0.543. The first-order chi connectivity index (χ1) is 12.7. The van der Waals surface area contributed by atoms with E-state index in [2.05, 4.69) is 20.6 Å². The van der Waals surface area contributed by atoms with Crippen molar-refractivity contribution in [2.75, 3.05) is 7.05 Å². The Kier molecular flexibility index (Phi) is 5.63. The van der Waals surface area contributed by atoms with Crippen LogP contribution in [0.15, 0.2) is 64.2 Å². The molecule has 3 aromatic rings. The Balaban J connectivity index is 1.54. The summed E-state index contributed by atoms with van der Waals surface area (Å²) in [6.07, 6.45) is 1.62. The molecule has 0 aliphatic heterocycles. The summed E-state index contributed by atoms with van der Waals surface area (Å²) in [6.45, 7) is 2.69. The SMILES string of the molecule is CN=C(NCc1ccc(C)c(F)c1)NCc1coc(-c2ccccc2)n1. The van der Waals surface area contributed by atoms with E-state index in [1.807, 2.05) is 36.4 Å². The van der Waals surface area contributed by atoms with Gasteiger partial charge in [0.05, 0.1) is 12.2 Å². The van der Waals surface area contributed by atoms with E-state index >= 15 is 0 Å². The van der Waals surface area contributed by atoms with Crippen LogP contribution in [0.3, 0.4) is 0 Å². The molecule has 0 unspecified atom stereocenters. The molecule has 0 aliphatic carbocycles. The maximum absolute atomic E-state index is 13.6. The summed E-state index contributed by atoms with van der Waals surface area (Å²) in [6, 6.07) is 14.9. The average molecular weight is 352 g/mol. The Bertz CT molecular complexity index is 890. The van der Waals surface area contributed by atoms with Crippen molar-refractivity contribution < 1.29 is 8.81 Å². The zero-order chi connectivity index (χ0) is 18.4. The molecule has 0 atom stereocenters. The van der Waals surface area contributed by atoms with E-state index in [0.29, 0.717) is 30.5 Å². The van der Waals surface area contributed by atoms with Crippen LogP contribution >= 0.6 is 0 Å². The number of aliphatic imine (C=N–C) groups is 1. The van der Waals surface area contributed by atoms with Crippen LogP contribution in [-0.2, 0) is 13.1 Å². The summed E-state index contributed by atoms with van der Waals surface area (Å²) in [5, 5.41) is 6.32. The van der Waals surface area contributed by atoms with Gasteiger partial charge in [0.15, 0.2) is 5.96 Å². The highest BCUT2D eigenvalue weighted by Gasteiger charge is 2.07. The average Bonchev–Trinajstić information content (AvgIpc) is 3.14. The maximum Gasteiger partial charge on any atom is 0.226 e. The second-order valence-electron chi connectivity index (χ2n) is 5.87. The molecular formula is C20H21FN4O. The molecule has 134 valence electrons. The minimum Gasteiger partial charge on any atom is -0.444 e. The summed E-state index contributed by atoms with van der Waals surface area (Å²) in [5.41, 5.74) is 3.19. The molecule has 1 heterocycles. The lowest BCUT2D eigenvalue weighted by Gasteiger charge is -2.11. The molecule has 26 heavy (non-hydrogen) atoms. The van der Waals surface area contributed by atoms with Crippen LogP contribution in [0.1, 0.15) is 16.8 Å². The van der Waals surface area contributed by atoms with Gasteiger partial charge >= 0.3 is 0 Å². The van der Waals surface area contributed by atoms with Crippen molar-refractivity contribution in [3.63, 3.8) is 0 Å². The summed E-state index contributed by atoms with van der Waals surface area (Å²) < 4.78 is 19.1. The van der Waals surface area contributed by atoms with E-state index < -0.39 is 0 Å². The number of hydrogen-bond acceptors (Lipinski definition) is 3. The number of aryl methyl sites for hydroxylation is 1. The third-order valence-corrected chi connectivity index (χ3v) is 3.93. The van der Waals surface area contributed by atoms with E-state index in [9.17, 15) is 4.39 Å². The van der Waals surface area contributed by atoms with Crippen LogP contribution in [0.5, 0.6) is 0 Å². The molecule has 1 aromatic heterocycles. The number of aromatic nitrogens is 1. The molecule has 0 bridgehead atoms. The number of hydrogen-bond donors (Lipinski definition) is 2. The Morgan fingerprint density at radius 2 is 1.88 bits per heavy atom. The Labute approximate surface area is 152 Å². The Morgan fingerprint density at radius 3 is 2.62 bits per heavy atom. The fourth-order valence-electron chi connectivity index (χ4n) is 2.43. The molecule has 0 aliphatic rings. The Hall–Kier alpha value is -3.15. The van der Waals surface area contributed by atoms with Gasteiger partial charge in [-0.1, -0.05) is 30.3 Å². The van der Waals surface area contributed by atoms with E-state index in [1.165, 1.54) is 6.07 Å². The molecule has 2 N–H and O–H groups in total. The van der Waals surface area contributed by atoms with Crippen molar-refractivity contribution in [3.05, 3.63) is 77.4 Å². The van der Waals surface area contributed by atoms with Crippen molar-refractivity contribution in [2.45, 2.75) is 20.0 Å². The van der Waals surface area contributed by atoms with Crippen LogP contribution < -0.4 is 10.6 Å². The molecule has 0 saturated heterocycles. The first-order valence-electron chi connectivity index (χ1n) is 8.35. The van der Waals surface area contributed by atoms with Gasteiger partial charge in [-0.25, -0.2) is 9.37 Å². The van der Waals surface area contributed by atoms with Crippen molar-refractivity contribution in [1.82, 2.24) is 15.6 Å². The molecule has 0 spiro atoms. The van der Waals surface area contributed by atoms with Gasteiger partial charge in [0.1, 0.15) is 12.1 Å². The first-order valence-corrected chi connectivity index (χ1v) is 8.35. The summed E-state index contributed by atoms with van der Waals surface area (Å²) in [7, 11) is 1.68. The molecular weight excluding hydrogens is 331 g/mol. The highest BCUT2D eigenvalue weighted by atomic mass is 19.1. The van der Waals surface area contributed by atoms with E-state index in [-0.39, 0.29) is 5.82 Å². The molecule has 0 fully saturated rings. The number of guanidine groups is 1. The minimum absolute atomic E-state index is 0.205. The Morgan fingerprint density at radius 1 is 1.12 bits per heavy atom. The lowest BCUT2D eigenvalue weighted by atomic mass is 10.1.